The molecule has 0 aliphatic rings. The summed E-state index contributed by atoms with van der Waals surface area (Å²) < 4.78 is 7.20. The van der Waals surface area contributed by atoms with Crippen LogP contribution in [0.5, 0.6) is 0 Å². The van der Waals surface area contributed by atoms with Crippen LogP contribution < -0.4 is 5.32 Å². The van der Waals surface area contributed by atoms with Gasteiger partial charge in [-0.25, -0.2) is 0 Å². The summed E-state index contributed by atoms with van der Waals surface area (Å²) in [5.74, 6) is 0.137. The number of nitrogens with one attached hydrogen (secondary N) is 1. The Morgan fingerprint density at radius 2 is 2.00 bits per heavy atom. The van der Waals surface area contributed by atoms with Gasteiger partial charge in [-0.2, -0.15) is 5.10 Å². The SMILES string of the molecule is CCn1nc(C)cc1C(=O)Nc1nnc(Cc2ccc(SC(C)C)cc2)o1. The lowest BCUT2D eigenvalue weighted by atomic mass is 10.1. The largest absolute Gasteiger partial charge is 0.407 e. The molecular formula is C19H23N5O2S. The van der Waals surface area contributed by atoms with Gasteiger partial charge in [0.05, 0.1) is 12.1 Å². The van der Waals surface area contributed by atoms with Crippen LogP contribution in [-0.2, 0) is 13.0 Å². The number of nitrogens with zero attached hydrogens (tertiary/aromatic N) is 4. The van der Waals surface area contributed by atoms with Crippen molar-refractivity contribution in [3.8, 4) is 0 Å². The summed E-state index contributed by atoms with van der Waals surface area (Å²) in [7, 11) is 0. The first-order valence-corrected chi connectivity index (χ1v) is 9.76. The molecule has 2 aromatic heterocycles. The predicted octanol–water partition coefficient (Wildman–Crippen LogP) is 3.94. The molecule has 0 saturated carbocycles. The zero-order chi connectivity index (χ0) is 19.4. The van der Waals surface area contributed by atoms with Crippen molar-refractivity contribution in [3.05, 3.63) is 53.2 Å². The Labute approximate surface area is 162 Å². The first-order chi connectivity index (χ1) is 12.9. The molecule has 0 aliphatic carbocycles. The molecule has 3 aromatic rings. The molecule has 1 N–H and O–H groups in total. The van der Waals surface area contributed by atoms with Crippen LogP contribution in [0, 0.1) is 6.92 Å². The van der Waals surface area contributed by atoms with Gasteiger partial charge in [0.1, 0.15) is 5.69 Å². The molecule has 1 amide bonds. The molecule has 142 valence electrons. The minimum Gasteiger partial charge on any atom is -0.407 e. The van der Waals surface area contributed by atoms with Gasteiger partial charge in [-0.15, -0.1) is 16.9 Å². The van der Waals surface area contributed by atoms with E-state index in [9.17, 15) is 4.79 Å². The maximum absolute atomic E-state index is 12.4. The number of carbonyl (C=O) groups excluding carboxylic acids is 1. The Bertz CT molecular complexity index is 915. The molecule has 0 fully saturated rings. The zero-order valence-electron chi connectivity index (χ0n) is 15.9. The normalized spacial score (nSPS) is 11.1. The zero-order valence-corrected chi connectivity index (χ0v) is 16.7. The van der Waals surface area contributed by atoms with E-state index in [2.05, 4.69) is 58.7 Å². The third-order valence-electron chi connectivity index (χ3n) is 3.77. The number of benzene rings is 1. The second-order valence-electron chi connectivity index (χ2n) is 6.43. The summed E-state index contributed by atoms with van der Waals surface area (Å²) >= 11 is 1.82. The Hall–Kier alpha value is -2.61. The second-order valence-corrected chi connectivity index (χ2v) is 8.08. The molecule has 0 radical (unpaired) electrons. The number of aryl methyl sites for hydroxylation is 2. The third kappa shape index (κ3) is 4.97. The van der Waals surface area contributed by atoms with Crippen molar-refractivity contribution >= 4 is 23.7 Å². The summed E-state index contributed by atoms with van der Waals surface area (Å²) in [5, 5.41) is 15.4. The van der Waals surface area contributed by atoms with Crippen molar-refractivity contribution in [1.29, 1.82) is 0 Å². The number of carbonyl (C=O) groups is 1. The molecule has 0 aliphatic heterocycles. The van der Waals surface area contributed by atoms with Crippen LogP contribution in [0.2, 0.25) is 0 Å². The summed E-state index contributed by atoms with van der Waals surface area (Å²) in [6.07, 6.45) is 0.515. The maximum atomic E-state index is 12.4. The number of hydrogen-bond acceptors (Lipinski definition) is 6. The maximum Gasteiger partial charge on any atom is 0.322 e. The van der Waals surface area contributed by atoms with E-state index in [0.717, 1.165) is 11.3 Å². The molecule has 0 saturated heterocycles. The van der Waals surface area contributed by atoms with Crippen LogP contribution >= 0.6 is 11.8 Å². The van der Waals surface area contributed by atoms with Crippen LogP contribution in [0.15, 0.2) is 39.6 Å². The summed E-state index contributed by atoms with van der Waals surface area (Å²) in [6.45, 7) is 8.72. The van der Waals surface area contributed by atoms with Crippen LogP contribution in [0.1, 0.15) is 48.4 Å². The number of rotatable bonds is 7. The molecule has 0 unspecified atom stereocenters. The van der Waals surface area contributed by atoms with Gasteiger partial charge in [0, 0.05) is 16.7 Å². The lowest BCUT2D eigenvalue weighted by Gasteiger charge is -2.05. The van der Waals surface area contributed by atoms with Crippen LogP contribution in [0.4, 0.5) is 6.01 Å². The van der Waals surface area contributed by atoms with E-state index in [1.54, 1.807) is 10.7 Å². The Balaban J connectivity index is 1.63. The van der Waals surface area contributed by atoms with E-state index in [-0.39, 0.29) is 11.9 Å². The van der Waals surface area contributed by atoms with Crippen LogP contribution in [0.3, 0.4) is 0 Å². The summed E-state index contributed by atoms with van der Waals surface area (Å²) in [4.78, 5) is 13.6. The van der Waals surface area contributed by atoms with E-state index in [1.807, 2.05) is 25.6 Å². The first-order valence-electron chi connectivity index (χ1n) is 8.88. The molecule has 3 rings (SSSR count). The van der Waals surface area contributed by atoms with Crippen molar-refractivity contribution < 1.29 is 9.21 Å². The average molecular weight is 385 g/mol. The van der Waals surface area contributed by atoms with E-state index in [4.69, 9.17) is 4.42 Å². The monoisotopic (exact) mass is 385 g/mol. The predicted molar refractivity (Wildman–Crippen MR) is 105 cm³/mol. The number of hydrogen-bond donors (Lipinski definition) is 1. The molecule has 8 heteroatoms. The van der Waals surface area contributed by atoms with Gasteiger partial charge in [0.25, 0.3) is 5.91 Å². The average Bonchev–Trinajstić information content (AvgIpc) is 3.22. The fourth-order valence-corrected chi connectivity index (χ4v) is 3.48. The van der Waals surface area contributed by atoms with Crippen molar-refractivity contribution in [1.82, 2.24) is 20.0 Å². The van der Waals surface area contributed by atoms with Crippen LogP contribution in [0.25, 0.3) is 0 Å². The number of thioether (sulfide) groups is 1. The van der Waals surface area contributed by atoms with Gasteiger partial charge in [-0.1, -0.05) is 31.1 Å². The van der Waals surface area contributed by atoms with E-state index < -0.39 is 0 Å². The van der Waals surface area contributed by atoms with Gasteiger partial charge in [0.15, 0.2) is 0 Å². The molecule has 2 heterocycles. The highest BCUT2D eigenvalue weighted by atomic mass is 32.2. The molecule has 0 atom stereocenters. The minimum absolute atomic E-state index is 0.0866. The highest BCUT2D eigenvalue weighted by molar-refractivity contribution is 7.99. The molecule has 27 heavy (non-hydrogen) atoms. The Kier molecular flexibility index (Phi) is 5.95. The molecule has 1 aromatic carbocycles. The first kappa shape index (κ1) is 19.2. The molecule has 7 nitrogen and oxygen atoms in total. The van der Waals surface area contributed by atoms with E-state index in [0.29, 0.717) is 29.8 Å². The Morgan fingerprint density at radius 3 is 2.67 bits per heavy atom. The van der Waals surface area contributed by atoms with Gasteiger partial charge in [0.2, 0.25) is 5.89 Å². The second kappa shape index (κ2) is 8.39. The molecule has 0 spiro atoms. The number of aromatic nitrogens is 4. The van der Waals surface area contributed by atoms with E-state index >= 15 is 0 Å². The summed E-state index contributed by atoms with van der Waals surface area (Å²) in [6, 6.07) is 10.1. The summed E-state index contributed by atoms with van der Waals surface area (Å²) in [5.41, 5.74) is 2.32. The van der Waals surface area contributed by atoms with Crippen molar-refractivity contribution in [3.63, 3.8) is 0 Å². The van der Waals surface area contributed by atoms with Crippen LogP contribution in [-0.4, -0.2) is 31.1 Å². The number of amides is 1. The standard InChI is InChI=1S/C19H23N5O2S/c1-5-24-16(10-13(4)23-24)18(25)20-19-22-21-17(26-19)11-14-6-8-15(9-7-14)27-12(2)3/h6-10,12H,5,11H2,1-4H3,(H,20,22,25). The molecule has 0 bridgehead atoms. The van der Waals surface area contributed by atoms with Gasteiger partial charge in [-0.05, 0) is 37.6 Å². The van der Waals surface area contributed by atoms with Gasteiger partial charge in [-0.3, -0.25) is 14.8 Å². The smallest absolute Gasteiger partial charge is 0.322 e. The lowest BCUT2D eigenvalue weighted by Crippen LogP contribution is -2.17. The lowest BCUT2D eigenvalue weighted by molar-refractivity contribution is 0.101. The highest BCUT2D eigenvalue weighted by Gasteiger charge is 2.16. The molecular weight excluding hydrogens is 362 g/mol. The van der Waals surface area contributed by atoms with E-state index in [1.165, 1.54) is 4.90 Å². The van der Waals surface area contributed by atoms with Crippen molar-refractivity contribution in [2.45, 2.75) is 50.8 Å². The minimum atomic E-state index is -0.317. The van der Waals surface area contributed by atoms with Gasteiger partial charge < -0.3 is 4.42 Å². The fraction of sp³-hybridized carbons (Fsp3) is 0.368. The number of anilines is 1. The Morgan fingerprint density at radius 1 is 1.26 bits per heavy atom. The van der Waals surface area contributed by atoms with Gasteiger partial charge >= 0.3 is 6.01 Å². The quantitative estimate of drug-likeness (QED) is 0.620. The van der Waals surface area contributed by atoms with Crippen molar-refractivity contribution in [2.24, 2.45) is 0 Å². The fourth-order valence-electron chi connectivity index (χ4n) is 2.64. The topological polar surface area (TPSA) is 85.8 Å². The van der Waals surface area contributed by atoms with Crippen molar-refractivity contribution in [2.75, 3.05) is 5.32 Å². The third-order valence-corrected chi connectivity index (χ3v) is 4.79. The highest BCUT2D eigenvalue weighted by Crippen LogP contribution is 2.23.